The van der Waals surface area contributed by atoms with Crippen molar-refractivity contribution in [1.82, 2.24) is 24.3 Å². The van der Waals surface area contributed by atoms with E-state index < -0.39 is 6.17 Å². The lowest BCUT2D eigenvalue weighted by atomic mass is 9.98. The molecular formula is C62H62N6O10. The summed E-state index contributed by atoms with van der Waals surface area (Å²) in [4.78, 5) is 92.4. The highest BCUT2D eigenvalue weighted by molar-refractivity contribution is 6.22. The number of imide groups is 2. The third-order valence-electron chi connectivity index (χ3n) is 14.7. The van der Waals surface area contributed by atoms with Crippen LogP contribution < -0.4 is 29.8 Å². The van der Waals surface area contributed by atoms with E-state index in [0.717, 1.165) is 36.0 Å². The van der Waals surface area contributed by atoms with Gasteiger partial charge in [0.25, 0.3) is 35.1 Å². The zero-order valence-electron chi connectivity index (χ0n) is 44.3. The molecule has 1 N–H and O–H groups in total. The van der Waals surface area contributed by atoms with Crippen molar-refractivity contribution in [2.24, 2.45) is 0 Å². The van der Waals surface area contributed by atoms with Crippen molar-refractivity contribution in [2.45, 2.75) is 85.0 Å². The van der Waals surface area contributed by atoms with Gasteiger partial charge in [-0.05, 0) is 129 Å². The Balaban J connectivity index is 0.863. The van der Waals surface area contributed by atoms with Crippen LogP contribution in [0.2, 0.25) is 0 Å². The number of carbonyl (C=O) groups is 5. The second-order valence-corrected chi connectivity index (χ2v) is 19.5. The number of benzene rings is 6. The maximum absolute atomic E-state index is 14.7. The Hall–Kier alpha value is -8.79. The molecule has 0 saturated heterocycles. The molecule has 0 spiro atoms. The average Bonchev–Trinajstić information content (AvgIpc) is 3.96. The number of ether oxygens (including phenoxy) is 4. The number of nitrogens with zero attached hydrogens (tertiary/aromatic N) is 5. The SMILES string of the molecule is CCCCc1cccc2c1C(=O)N(CCC1Nc3ccccc3C(=O)N1CCc1ccc(OC)c(OCc3ccc4nc(CCN5C(=O)c6ccccc6C5=O)n(CCc5ccc(OCC)c(OCC)c5)c(=O)c4c3)c1)C2=O. The number of fused-ring (bicyclic) bond motifs is 4. The van der Waals surface area contributed by atoms with Gasteiger partial charge in [0.05, 0.1) is 59.0 Å². The van der Waals surface area contributed by atoms with Gasteiger partial charge in [-0.2, -0.15) is 0 Å². The number of methoxy groups -OCH3 is 1. The van der Waals surface area contributed by atoms with Crippen molar-refractivity contribution in [3.63, 3.8) is 0 Å². The molecule has 0 radical (unpaired) electrons. The number of aromatic nitrogens is 2. The lowest BCUT2D eigenvalue weighted by Crippen LogP contribution is -2.51. The van der Waals surface area contributed by atoms with Crippen LogP contribution in [0.4, 0.5) is 5.69 Å². The highest BCUT2D eigenvalue weighted by Crippen LogP contribution is 2.34. The molecule has 16 heteroatoms. The van der Waals surface area contributed by atoms with Crippen molar-refractivity contribution in [2.75, 3.05) is 45.3 Å². The summed E-state index contributed by atoms with van der Waals surface area (Å²) in [5, 5.41) is 3.89. The molecule has 78 heavy (non-hydrogen) atoms. The zero-order valence-corrected chi connectivity index (χ0v) is 44.3. The molecule has 1 aromatic heterocycles. The van der Waals surface area contributed by atoms with Crippen LogP contribution >= 0.6 is 0 Å². The maximum Gasteiger partial charge on any atom is 0.261 e. The smallest absolute Gasteiger partial charge is 0.261 e. The summed E-state index contributed by atoms with van der Waals surface area (Å²) in [6.07, 6.45) is 3.45. The summed E-state index contributed by atoms with van der Waals surface area (Å²) in [6.45, 7) is 7.64. The lowest BCUT2D eigenvalue weighted by molar-refractivity contribution is 0.0604. The molecule has 0 fully saturated rings. The standard InChI is InChI=1S/C62H62N6O10/c1-5-8-14-42-15-13-19-46-56(42)62(74)68(60(46)72)34-30-54-63-48-20-12-11-18-45(48)59(71)65(54)31-27-39-22-25-50(75-4)52(36-39)78-38-41-21-24-49-47(35-41)61(73)66(32-28-40-23-26-51(76-6-2)53(37-40)77-7-3)55(64-49)29-33-67-57(69)43-16-9-10-17-44(43)58(67)70/h9-13,15-26,35-37,54,63H,5-8,14,27-34,38H2,1-4H3. The average molecular weight is 1050 g/mol. The Bertz CT molecular complexity index is 3500. The van der Waals surface area contributed by atoms with Gasteiger partial charge in [-0.25, -0.2) is 4.98 Å². The van der Waals surface area contributed by atoms with Gasteiger partial charge in [-0.15, -0.1) is 0 Å². The minimum Gasteiger partial charge on any atom is -0.493 e. The first kappa shape index (κ1) is 52.6. The van der Waals surface area contributed by atoms with Crippen LogP contribution in [0.5, 0.6) is 23.0 Å². The second kappa shape index (κ2) is 23.2. The molecule has 1 unspecified atom stereocenters. The molecule has 10 rings (SSSR count). The first-order valence-corrected chi connectivity index (χ1v) is 26.8. The molecule has 7 aromatic rings. The normalized spacial score (nSPS) is 14.7. The molecule has 0 saturated carbocycles. The number of nitrogens with one attached hydrogen (secondary N) is 1. The maximum atomic E-state index is 14.7. The first-order chi connectivity index (χ1) is 38.0. The highest BCUT2D eigenvalue weighted by Gasteiger charge is 2.39. The fourth-order valence-electron chi connectivity index (χ4n) is 10.6. The fraction of sp³-hybridized carbons (Fsp3) is 0.306. The van der Waals surface area contributed by atoms with Crippen LogP contribution in [0.3, 0.4) is 0 Å². The quantitative estimate of drug-likeness (QED) is 0.0602. The Kier molecular flexibility index (Phi) is 15.7. The minimum absolute atomic E-state index is 0.0348. The van der Waals surface area contributed by atoms with Gasteiger partial charge in [-0.3, -0.25) is 43.1 Å². The van der Waals surface area contributed by atoms with Crippen molar-refractivity contribution in [1.29, 1.82) is 0 Å². The summed E-state index contributed by atoms with van der Waals surface area (Å²) >= 11 is 0. The Morgan fingerprint density at radius 3 is 1.88 bits per heavy atom. The third kappa shape index (κ3) is 10.5. The minimum atomic E-state index is -0.509. The largest absolute Gasteiger partial charge is 0.493 e. The molecule has 5 amide bonds. The molecule has 6 aromatic carbocycles. The van der Waals surface area contributed by atoms with Crippen LogP contribution in [-0.2, 0) is 38.8 Å². The predicted octanol–water partition coefficient (Wildman–Crippen LogP) is 9.33. The third-order valence-corrected chi connectivity index (χ3v) is 14.7. The number of carbonyl (C=O) groups excluding carboxylic acids is 5. The molecule has 1 atom stereocenters. The van der Waals surface area contributed by atoms with E-state index in [-0.39, 0.29) is 67.8 Å². The number of rotatable bonds is 23. The van der Waals surface area contributed by atoms with Gasteiger partial charge < -0.3 is 29.2 Å². The number of hydrogen-bond donors (Lipinski definition) is 1. The van der Waals surface area contributed by atoms with Gasteiger partial charge in [-0.1, -0.05) is 67.9 Å². The molecule has 400 valence electrons. The van der Waals surface area contributed by atoms with Gasteiger partial charge in [0, 0.05) is 44.7 Å². The van der Waals surface area contributed by atoms with Gasteiger partial charge in [0.2, 0.25) is 0 Å². The van der Waals surface area contributed by atoms with E-state index in [0.29, 0.717) is 118 Å². The summed E-state index contributed by atoms with van der Waals surface area (Å²) < 4.78 is 25.5. The number of unbranched alkanes of at least 4 members (excludes halogenated alkanes) is 1. The Morgan fingerprint density at radius 2 is 1.17 bits per heavy atom. The number of amides is 5. The molecular weight excluding hydrogens is 989 g/mol. The van der Waals surface area contributed by atoms with E-state index in [2.05, 4.69) is 12.2 Å². The Morgan fingerprint density at radius 1 is 0.538 bits per heavy atom. The van der Waals surface area contributed by atoms with Crippen LogP contribution in [0, 0.1) is 0 Å². The fourth-order valence-corrected chi connectivity index (χ4v) is 10.6. The molecule has 0 aliphatic carbocycles. The molecule has 0 bridgehead atoms. The predicted molar refractivity (Wildman–Crippen MR) is 295 cm³/mol. The summed E-state index contributed by atoms with van der Waals surface area (Å²) in [7, 11) is 1.56. The van der Waals surface area contributed by atoms with E-state index in [9.17, 15) is 28.8 Å². The van der Waals surface area contributed by atoms with E-state index >= 15 is 0 Å². The topological polar surface area (TPSA) is 179 Å². The van der Waals surface area contributed by atoms with E-state index in [1.807, 2.05) is 86.6 Å². The lowest BCUT2D eigenvalue weighted by Gasteiger charge is -2.38. The molecule has 3 aliphatic heterocycles. The van der Waals surface area contributed by atoms with Crippen molar-refractivity contribution in [3.8, 4) is 23.0 Å². The highest BCUT2D eigenvalue weighted by atomic mass is 16.5. The summed E-state index contributed by atoms with van der Waals surface area (Å²) in [5.74, 6) is 1.10. The van der Waals surface area contributed by atoms with E-state index in [1.54, 1.807) is 65.1 Å². The first-order valence-electron chi connectivity index (χ1n) is 26.8. The summed E-state index contributed by atoms with van der Waals surface area (Å²) in [6, 6.07) is 36.3. The zero-order chi connectivity index (χ0) is 54.5. The molecule has 3 aliphatic rings. The van der Waals surface area contributed by atoms with Crippen molar-refractivity contribution < 1.29 is 42.9 Å². The van der Waals surface area contributed by atoms with Crippen molar-refractivity contribution >= 4 is 46.1 Å². The molecule has 4 heterocycles. The monoisotopic (exact) mass is 1050 g/mol. The number of aryl methyl sites for hydroxylation is 2. The Labute approximate surface area is 452 Å². The van der Waals surface area contributed by atoms with Gasteiger partial charge in [0.15, 0.2) is 23.0 Å². The molecule has 16 nitrogen and oxygen atoms in total. The van der Waals surface area contributed by atoms with Crippen LogP contribution in [-0.4, -0.2) is 99.9 Å². The van der Waals surface area contributed by atoms with Crippen LogP contribution in [0.25, 0.3) is 10.9 Å². The number of anilines is 1. The van der Waals surface area contributed by atoms with Gasteiger partial charge >= 0.3 is 0 Å². The summed E-state index contributed by atoms with van der Waals surface area (Å²) in [5.41, 5.74) is 6.39. The van der Waals surface area contributed by atoms with Gasteiger partial charge in [0.1, 0.15) is 18.6 Å². The second-order valence-electron chi connectivity index (χ2n) is 19.5. The van der Waals surface area contributed by atoms with Crippen molar-refractivity contribution in [3.05, 3.63) is 188 Å². The number of hydrogen-bond acceptors (Lipinski definition) is 12. The number of para-hydroxylation sites is 1. The van der Waals surface area contributed by atoms with E-state index in [4.69, 9.17) is 23.9 Å². The van der Waals surface area contributed by atoms with Crippen LogP contribution in [0.15, 0.2) is 126 Å². The van der Waals surface area contributed by atoms with Crippen LogP contribution in [0.1, 0.15) is 120 Å². The van der Waals surface area contributed by atoms with E-state index in [1.165, 1.54) is 9.80 Å².